The second-order valence-corrected chi connectivity index (χ2v) is 4.80. The molecule has 2 aliphatic rings. The Hall–Kier alpha value is -1.47. The zero-order valence-electron chi connectivity index (χ0n) is 11.0. The Morgan fingerprint density at radius 1 is 1.30 bits per heavy atom. The van der Waals surface area contributed by atoms with Crippen LogP contribution in [0.3, 0.4) is 0 Å². The third-order valence-corrected chi connectivity index (χ3v) is 3.55. The summed E-state index contributed by atoms with van der Waals surface area (Å²) < 4.78 is 21.4. The molecular weight excluding hydrogens is 264 g/mol. The molecule has 6 heteroatoms. The maximum Gasteiger partial charge on any atom is 0.338 e. The van der Waals surface area contributed by atoms with Gasteiger partial charge in [0.05, 0.1) is 12.2 Å². The van der Waals surface area contributed by atoms with Gasteiger partial charge in [0.25, 0.3) is 0 Å². The van der Waals surface area contributed by atoms with E-state index in [9.17, 15) is 9.90 Å². The summed E-state index contributed by atoms with van der Waals surface area (Å²) in [6.45, 7) is 0.210. The minimum Gasteiger partial charge on any atom is -0.453 e. The van der Waals surface area contributed by atoms with E-state index in [-0.39, 0.29) is 6.61 Å². The largest absolute Gasteiger partial charge is 0.453 e. The first kappa shape index (κ1) is 13.5. The molecule has 1 N–H and O–H groups in total. The monoisotopic (exact) mass is 280 g/mol. The van der Waals surface area contributed by atoms with Crippen molar-refractivity contribution in [2.75, 3.05) is 13.7 Å². The molecule has 1 aromatic rings. The number of carbonyl (C=O) groups excluding carboxylic acids is 1. The summed E-state index contributed by atoms with van der Waals surface area (Å²) in [6.07, 6.45) is -3.17. The third kappa shape index (κ3) is 2.31. The van der Waals surface area contributed by atoms with Crippen LogP contribution in [-0.2, 0) is 18.9 Å². The highest BCUT2D eigenvalue weighted by Gasteiger charge is 2.53. The van der Waals surface area contributed by atoms with Gasteiger partial charge in [-0.05, 0) is 12.1 Å². The molecule has 2 saturated heterocycles. The van der Waals surface area contributed by atoms with E-state index in [2.05, 4.69) is 0 Å². The van der Waals surface area contributed by atoms with E-state index in [1.807, 2.05) is 6.07 Å². The van der Waals surface area contributed by atoms with Crippen LogP contribution in [0.5, 0.6) is 0 Å². The van der Waals surface area contributed by atoms with Gasteiger partial charge in [-0.15, -0.1) is 0 Å². The van der Waals surface area contributed by atoms with Crippen molar-refractivity contribution < 1.29 is 28.8 Å². The van der Waals surface area contributed by atoms with E-state index in [4.69, 9.17) is 18.9 Å². The van der Waals surface area contributed by atoms with Crippen molar-refractivity contribution in [3.05, 3.63) is 35.9 Å². The molecule has 0 amide bonds. The molecule has 0 aliphatic carbocycles. The minimum absolute atomic E-state index is 0.210. The number of rotatable bonds is 3. The maximum absolute atomic E-state index is 12.0. The van der Waals surface area contributed by atoms with Crippen molar-refractivity contribution in [1.82, 2.24) is 0 Å². The Balaban J connectivity index is 1.66. The van der Waals surface area contributed by atoms with Crippen LogP contribution in [0.2, 0.25) is 0 Å². The molecule has 20 heavy (non-hydrogen) atoms. The number of aliphatic hydroxyl groups is 1. The van der Waals surface area contributed by atoms with Crippen LogP contribution in [0.25, 0.3) is 0 Å². The van der Waals surface area contributed by atoms with Crippen LogP contribution in [-0.4, -0.2) is 55.5 Å². The molecule has 2 heterocycles. The van der Waals surface area contributed by atoms with Crippen molar-refractivity contribution in [3.63, 3.8) is 0 Å². The van der Waals surface area contributed by atoms with Crippen LogP contribution in [0.1, 0.15) is 10.4 Å². The number of aliphatic hydroxyl groups excluding tert-OH is 1. The Morgan fingerprint density at radius 3 is 2.75 bits per heavy atom. The smallest absolute Gasteiger partial charge is 0.338 e. The first-order valence-corrected chi connectivity index (χ1v) is 6.44. The Morgan fingerprint density at radius 2 is 2.05 bits per heavy atom. The van der Waals surface area contributed by atoms with Crippen molar-refractivity contribution in [3.8, 4) is 0 Å². The van der Waals surface area contributed by atoms with Gasteiger partial charge in [-0.3, -0.25) is 0 Å². The predicted octanol–water partition coefficient (Wildman–Crippen LogP) is 0.343. The first-order valence-electron chi connectivity index (χ1n) is 6.44. The molecule has 2 aliphatic heterocycles. The lowest BCUT2D eigenvalue weighted by Gasteiger charge is -2.18. The molecular formula is C14H16O6. The Labute approximate surface area is 116 Å². The summed E-state index contributed by atoms with van der Waals surface area (Å²) in [5.41, 5.74) is 0.470. The summed E-state index contributed by atoms with van der Waals surface area (Å²) in [5, 5.41) is 9.91. The van der Waals surface area contributed by atoms with Crippen molar-refractivity contribution >= 4 is 5.97 Å². The fourth-order valence-corrected chi connectivity index (χ4v) is 2.53. The van der Waals surface area contributed by atoms with Gasteiger partial charge in [0, 0.05) is 7.11 Å². The summed E-state index contributed by atoms with van der Waals surface area (Å²) in [4.78, 5) is 12.0. The number of methoxy groups -OCH3 is 1. The van der Waals surface area contributed by atoms with Gasteiger partial charge in [0.15, 0.2) is 12.4 Å². The Bertz CT molecular complexity index is 476. The fourth-order valence-electron chi connectivity index (χ4n) is 2.53. The molecule has 6 nitrogen and oxygen atoms in total. The number of esters is 1. The predicted molar refractivity (Wildman–Crippen MR) is 67.1 cm³/mol. The normalized spacial score (nSPS) is 35.8. The summed E-state index contributed by atoms with van der Waals surface area (Å²) in [7, 11) is 1.44. The molecule has 0 bridgehead atoms. The molecule has 0 unspecified atom stereocenters. The number of fused-ring (bicyclic) bond motifs is 1. The SMILES string of the molecule is CO[C@H]1O[C@@H]2[C@@H](OC[C@@H]2OC(=O)c2ccccc2)[C@@H]1O. The third-order valence-electron chi connectivity index (χ3n) is 3.55. The van der Waals surface area contributed by atoms with Crippen molar-refractivity contribution in [1.29, 1.82) is 0 Å². The molecule has 108 valence electrons. The second kappa shape index (κ2) is 5.49. The first-order chi connectivity index (χ1) is 9.70. The van der Waals surface area contributed by atoms with E-state index in [1.165, 1.54) is 7.11 Å². The van der Waals surface area contributed by atoms with E-state index in [0.717, 1.165) is 0 Å². The molecule has 1 aromatic carbocycles. The molecule has 2 fully saturated rings. The molecule has 0 spiro atoms. The highest BCUT2D eigenvalue weighted by atomic mass is 16.7. The van der Waals surface area contributed by atoms with Crippen molar-refractivity contribution in [2.24, 2.45) is 0 Å². The zero-order chi connectivity index (χ0) is 14.1. The van der Waals surface area contributed by atoms with Crippen LogP contribution >= 0.6 is 0 Å². The molecule has 0 saturated carbocycles. The van der Waals surface area contributed by atoms with Gasteiger partial charge in [-0.1, -0.05) is 18.2 Å². The average molecular weight is 280 g/mol. The van der Waals surface area contributed by atoms with Crippen LogP contribution < -0.4 is 0 Å². The molecule has 5 atom stereocenters. The average Bonchev–Trinajstić information content (AvgIpc) is 3.01. The van der Waals surface area contributed by atoms with Crippen LogP contribution in [0.15, 0.2) is 30.3 Å². The molecule has 0 aromatic heterocycles. The number of benzene rings is 1. The quantitative estimate of drug-likeness (QED) is 0.805. The molecule has 3 rings (SSSR count). The minimum atomic E-state index is -0.870. The van der Waals surface area contributed by atoms with E-state index in [1.54, 1.807) is 24.3 Å². The second-order valence-electron chi connectivity index (χ2n) is 4.80. The van der Waals surface area contributed by atoms with E-state index >= 15 is 0 Å². The van der Waals surface area contributed by atoms with Gasteiger partial charge in [-0.25, -0.2) is 4.79 Å². The van der Waals surface area contributed by atoms with E-state index in [0.29, 0.717) is 5.56 Å². The van der Waals surface area contributed by atoms with Gasteiger partial charge >= 0.3 is 5.97 Å². The lowest BCUT2D eigenvalue weighted by molar-refractivity contribution is -0.167. The van der Waals surface area contributed by atoms with Crippen molar-refractivity contribution in [2.45, 2.75) is 30.7 Å². The number of ether oxygens (including phenoxy) is 4. The number of carbonyl (C=O) groups is 1. The summed E-state index contributed by atoms with van der Waals surface area (Å²) in [6, 6.07) is 8.71. The standard InChI is InChI=1S/C14H16O6/c1-17-14-10(15)12-11(20-14)9(7-18-12)19-13(16)8-5-3-2-4-6-8/h2-6,9-12,14-15H,7H2,1H3/t9-,10-,11-,12-,14-/m0/s1. The highest BCUT2D eigenvalue weighted by Crippen LogP contribution is 2.33. The lowest BCUT2D eigenvalue weighted by atomic mass is 10.1. The number of hydrogen-bond donors (Lipinski definition) is 1. The van der Waals surface area contributed by atoms with Gasteiger partial charge < -0.3 is 24.1 Å². The number of hydrogen-bond acceptors (Lipinski definition) is 6. The summed E-state index contributed by atoms with van der Waals surface area (Å²) >= 11 is 0. The van der Waals surface area contributed by atoms with Gasteiger partial charge in [0.1, 0.15) is 18.3 Å². The van der Waals surface area contributed by atoms with Crippen LogP contribution in [0, 0.1) is 0 Å². The fraction of sp³-hybridized carbons (Fsp3) is 0.500. The Kier molecular flexibility index (Phi) is 3.71. The maximum atomic E-state index is 12.0. The topological polar surface area (TPSA) is 74.2 Å². The highest BCUT2D eigenvalue weighted by molar-refractivity contribution is 5.89. The summed E-state index contributed by atoms with van der Waals surface area (Å²) in [5.74, 6) is -0.432. The van der Waals surface area contributed by atoms with Crippen LogP contribution in [0.4, 0.5) is 0 Å². The molecule has 0 radical (unpaired) electrons. The van der Waals surface area contributed by atoms with E-state index < -0.39 is 36.7 Å². The zero-order valence-corrected chi connectivity index (χ0v) is 11.0. The van der Waals surface area contributed by atoms with Gasteiger partial charge in [0.2, 0.25) is 0 Å². The van der Waals surface area contributed by atoms with Gasteiger partial charge in [-0.2, -0.15) is 0 Å². The lowest BCUT2D eigenvalue weighted by Crippen LogP contribution is -2.34.